The van der Waals surface area contributed by atoms with E-state index >= 15 is 0 Å². The summed E-state index contributed by atoms with van der Waals surface area (Å²) in [6, 6.07) is 8.35. The Labute approximate surface area is 108 Å². The van der Waals surface area contributed by atoms with Gasteiger partial charge in [0, 0.05) is 18.3 Å². The molecule has 2 atom stereocenters. The van der Waals surface area contributed by atoms with Gasteiger partial charge in [-0.1, -0.05) is 12.1 Å². The van der Waals surface area contributed by atoms with Gasteiger partial charge in [0.1, 0.15) is 0 Å². The van der Waals surface area contributed by atoms with E-state index in [1.165, 1.54) is 0 Å². The SMILES string of the molecule is CC1CC(Nc2ccc(CC(N)=O)cc2)CCO1. The average Bonchev–Trinajstić information content (AvgIpc) is 2.31. The molecule has 2 unspecified atom stereocenters. The van der Waals surface area contributed by atoms with Gasteiger partial charge < -0.3 is 15.8 Å². The molecule has 3 N–H and O–H groups in total. The largest absolute Gasteiger partial charge is 0.382 e. The summed E-state index contributed by atoms with van der Waals surface area (Å²) in [5.41, 5.74) is 7.20. The van der Waals surface area contributed by atoms with Crippen LogP contribution in [0.25, 0.3) is 0 Å². The fourth-order valence-corrected chi connectivity index (χ4v) is 2.28. The molecule has 1 heterocycles. The molecule has 0 aromatic heterocycles. The summed E-state index contributed by atoms with van der Waals surface area (Å²) in [5.74, 6) is -0.297. The van der Waals surface area contributed by atoms with Gasteiger partial charge in [0.25, 0.3) is 0 Å². The summed E-state index contributed by atoms with van der Waals surface area (Å²) in [4.78, 5) is 10.8. The zero-order chi connectivity index (χ0) is 13.0. The fourth-order valence-electron chi connectivity index (χ4n) is 2.28. The second-order valence-corrected chi connectivity index (χ2v) is 4.89. The van der Waals surface area contributed by atoms with E-state index in [-0.39, 0.29) is 5.91 Å². The highest BCUT2D eigenvalue weighted by atomic mass is 16.5. The second kappa shape index (κ2) is 5.87. The third kappa shape index (κ3) is 3.74. The number of carbonyl (C=O) groups is 1. The molecule has 98 valence electrons. The van der Waals surface area contributed by atoms with Crippen molar-refractivity contribution in [2.75, 3.05) is 11.9 Å². The molecule has 1 aromatic rings. The third-order valence-corrected chi connectivity index (χ3v) is 3.19. The lowest BCUT2D eigenvalue weighted by Crippen LogP contribution is -2.32. The Morgan fingerprint density at radius 3 is 2.78 bits per heavy atom. The molecular formula is C14H20N2O2. The van der Waals surface area contributed by atoms with Crippen LogP contribution in [0.5, 0.6) is 0 Å². The van der Waals surface area contributed by atoms with Crippen LogP contribution in [0.2, 0.25) is 0 Å². The Balaban J connectivity index is 1.91. The Kier molecular flexibility index (Phi) is 4.20. The van der Waals surface area contributed by atoms with E-state index in [9.17, 15) is 4.79 Å². The molecule has 1 amide bonds. The summed E-state index contributed by atoms with van der Waals surface area (Å²) in [6.07, 6.45) is 2.69. The summed E-state index contributed by atoms with van der Waals surface area (Å²) in [5, 5.41) is 3.50. The molecule has 1 aromatic carbocycles. The van der Waals surface area contributed by atoms with Crippen molar-refractivity contribution in [2.24, 2.45) is 5.73 Å². The van der Waals surface area contributed by atoms with Gasteiger partial charge in [-0.3, -0.25) is 4.79 Å². The Hall–Kier alpha value is -1.55. The predicted molar refractivity (Wildman–Crippen MR) is 71.4 cm³/mol. The second-order valence-electron chi connectivity index (χ2n) is 4.89. The van der Waals surface area contributed by atoms with Crippen LogP contribution in [-0.2, 0) is 16.0 Å². The minimum absolute atomic E-state index is 0.297. The van der Waals surface area contributed by atoms with E-state index in [0.717, 1.165) is 30.7 Å². The fraction of sp³-hybridized carbons (Fsp3) is 0.500. The molecule has 0 bridgehead atoms. The van der Waals surface area contributed by atoms with Gasteiger partial charge in [0.2, 0.25) is 5.91 Å². The molecule has 0 spiro atoms. The van der Waals surface area contributed by atoms with Crippen molar-refractivity contribution in [1.82, 2.24) is 0 Å². The van der Waals surface area contributed by atoms with Crippen molar-refractivity contribution >= 4 is 11.6 Å². The van der Waals surface area contributed by atoms with Crippen LogP contribution in [0.3, 0.4) is 0 Å². The average molecular weight is 248 g/mol. The lowest BCUT2D eigenvalue weighted by atomic mass is 10.0. The number of benzene rings is 1. The van der Waals surface area contributed by atoms with E-state index in [0.29, 0.717) is 18.6 Å². The van der Waals surface area contributed by atoms with E-state index in [1.54, 1.807) is 0 Å². The molecule has 1 aliphatic heterocycles. The number of nitrogens with two attached hydrogens (primary N) is 1. The van der Waals surface area contributed by atoms with Crippen LogP contribution in [0, 0.1) is 0 Å². The predicted octanol–water partition coefficient (Wildman–Crippen LogP) is 1.69. The van der Waals surface area contributed by atoms with Gasteiger partial charge >= 0.3 is 0 Å². The van der Waals surface area contributed by atoms with Gasteiger partial charge in [0.05, 0.1) is 12.5 Å². The quantitative estimate of drug-likeness (QED) is 0.852. The zero-order valence-corrected chi connectivity index (χ0v) is 10.7. The van der Waals surface area contributed by atoms with Crippen LogP contribution < -0.4 is 11.1 Å². The number of ether oxygens (including phenoxy) is 1. The van der Waals surface area contributed by atoms with Gasteiger partial charge in [-0.05, 0) is 37.5 Å². The van der Waals surface area contributed by atoms with E-state index < -0.39 is 0 Å². The van der Waals surface area contributed by atoms with Crippen molar-refractivity contribution in [3.05, 3.63) is 29.8 Å². The minimum Gasteiger partial charge on any atom is -0.382 e. The Morgan fingerprint density at radius 2 is 2.17 bits per heavy atom. The molecule has 1 fully saturated rings. The maximum Gasteiger partial charge on any atom is 0.221 e. The Morgan fingerprint density at radius 1 is 1.44 bits per heavy atom. The lowest BCUT2D eigenvalue weighted by Gasteiger charge is -2.28. The highest BCUT2D eigenvalue weighted by Crippen LogP contribution is 2.19. The van der Waals surface area contributed by atoms with Crippen molar-refractivity contribution in [3.8, 4) is 0 Å². The number of rotatable bonds is 4. The maximum atomic E-state index is 10.8. The molecule has 0 aliphatic carbocycles. The highest BCUT2D eigenvalue weighted by molar-refractivity contribution is 5.76. The normalized spacial score (nSPS) is 23.6. The molecule has 0 radical (unpaired) electrons. The van der Waals surface area contributed by atoms with E-state index in [2.05, 4.69) is 12.2 Å². The standard InChI is InChI=1S/C14H20N2O2/c1-10-8-13(6-7-18-10)16-12-4-2-11(3-5-12)9-14(15)17/h2-5,10,13,16H,6-9H2,1H3,(H2,15,17). The number of amides is 1. The number of nitrogens with one attached hydrogen (secondary N) is 1. The van der Waals surface area contributed by atoms with Gasteiger partial charge in [-0.2, -0.15) is 0 Å². The number of carbonyl (C=O) groups excluding carboxylic acids is 1. The topological polar surface area (TPSA) is 64.3 Å². The van der Waals surface area contributed by atoms with Crippen LogP contribution >= 0.6 is 0 Å². The Bertz CT molecular complexity index is 403. The number of hydrogen-bond acceptors (Lipinski definition) is 3. The van der Waals surface area contributed by atoms with E-state index in [4.69, 9.17) is 10.5 Å². The molecular weight excluding hydrogens is 228 g/mol. The summed E-state index contributed by atoms with van der Waals surface area (Å²) >= 11 is 0. The van der Waals surface area contributed by atoms with Crippen LogP contribution in [0.4, 0.5) is 5.69 Å². The molecule has 0 saturated carbocycles. The molecule has 4 nitrogen and oxygen atoms in total. The summed E-state index contributed by atoms with van der Waals surface area (Å²) < 4.78 is 5.52. The zero-order valence-electron chi connectivity index (χ0n) is 10.7. The van der Waals surface area contributed by atoms with Crippen LogP contribution in [0.1, 0.15) is 25.3 Å². The monoisotopic (exact) mass is 248 g/mol. The van der Waals surface area contributed by atoms with Crippen molar-refractivity contribution < 1.29 is 9.53 Å². The highest BCUT2D eigenvalue weighted by Gasteiger charge is 2.18. The molecule has 18 heavy (non-hydrogen) atoms. The molecule has 1 aliphatic rings. The first-order valence-electron chi connectivity index (χ1n) is 6.39. The summed E-state index contributed by atoms with van der Waals surface area (Å²) in [7, 11) is 0. The lowest BCUT2D eigenvalue weighted by molar-refractivity contribution is -0.117. The van der Waals surface area contributed by atoms with Crippen LogP contribution in [-0.4, -0.2) is 24.7 Å². The van der Waals surface area contributed by atoms with Gasteiger partial charge in [0.15, 0.2) is 0 Å². The maximum absolute atomic E-state index is 10.8. The smallest absolute Gasteiger partial charge is 0.221 e. The number of primary amides is 1. The first kappa shape index (κ1) is 12.9. The number of hydrogen-bond donors (Lipinski definition) is 2. The van der Waals surface area contributed by atoms with Crippen LogP contribution in [0.15, 0.2) is 24.3 Å². The molecule has 1 saturated heterocycles. The number of anilines is 1. The molecule has 4 heteroatoms. The minimum atomic E-state index is -0.297. The van der Waals surface area contributed by atoms with Crippen molar-refractivity contribution in [2.45, 2.75) is 38.3 Å². The summed E-state index contributed by atoms with van der Waals surface area (Å²) in [6.45, 7) is 2.92. The van der Waals surface area contributed by atoms with Crippen molar-refractivity contribution in [1.29, 1.82) is 0 Å². The first-order valence-corrected chi connectivity index (χ1v) is 6.39. The van der Waals surface area contributed by atoms with E-state index in [1.807, 2.05) is 24.3 Å². The first-order chi connectivity index (χ1) is 8.63. The third-order valence-electron chi connectivity index (χ3n) is 3.19. The van der Waals surface area contributed by atoms with Crippen molar-refractivity contribution in [3.63, 3.8) is 0 Å². The van der Waals surface area contributed by atoms with Gasteiger partial charge in [-0.15, -0.1) is 0 Å². The van der Waals surface area contributed by atoms with Gasteiger partial charge in [-0.25, -0.2) is 0 Å². The molecule has 2 rings (SSSR count).